The fourth-order valence-electron chi connectivity index (χ4n) is 1.45. The Balaban J connectivity index is 2.14. The predicted octanol–water partition coefficient (Wildman–Crippen LogP) is 2.37. The quantitative estimate of drug-likeness (QED) is 0.582. The van der Waals surface area contributed by atoms with Crippen LogP contribution in [0.1, 0.15) is 17.9 Å². The van der Waals surface area contributed by atoms with E-state index in [1.165, 1.54) is 12.0 Å². The molecule has 1 fully saturated rings. The van der Waals surface area contributed by atoms with E-state index in [1.807, 2.05) is 24.5 Å². The molecule has 1 unspecified atom stereocenters. The second-order valence-corrected chi connectivity index (χ2v) is 3.03. The summed E-state index contributed by atoms with van der Waals surface area (Å²) >= 11 is 0. The molecular formula is C10H11N. The Morgan fingerprint density at radius 2 is 2.55 bits per heavy atom. The molecule has 0 aromatic carbocycles. The summed E-state index contributed by atoms with van der Waals surface area (Å²) in [5.41, 5.74) is 1.36. The van der Waals surface area contributed by atoms with Crippen LogP contribution in [-0.2, 0) is 0 Å². The van der Waals surface area contributed by atoms with Gasteiger partial charge in [0, 0.05) is 12.4 Å². The molecule has 0 spiro atoms. The Bertz CT molecular complexity index is 253. The van der Waals surface area contributed by atoms with Gasteiger partial charge < -0.3 is 0 Å². The van der Waals surface area contributed by atoms with Gasteiger partial charge in [-0.2, -0.15) is 0 Å². The number of nitrogens with zero attached hydrogens (tertiary/aromatic N) is 1. The minimum atomic E-state index is 0.708. The van der Waals surface area contributed by atoms with Gasteiger partial charge >= 0.3 is 0 Å². The maximum Gasteiger partial charge on any atom is 0.0302 e. The molecule has 0 aliphatic heterocycles. The van der Waals surface area contributed by atoms with Crippen molar-refractivity contribution in [2.75, 3.05) is 0 Å². The van der Waals surface area contributed by atoms with Crippen molar-refractivity contribution in [3.8, 4) is 0 Å². The van der Waals surface area contributed by atoms with Crippen LogP contribution in [0.4, 0.5) is 0 Å². The molecule has 1 aromatic heterocycles. The van der Waals surface area contributed by atoms with Gasteiger partial charge in [-0.05, 0) is 29.9 Å². The number of pyridine rings is 1. The zero-order valence-corrected chi connectivity index (χ0v) is 6.40. The van der Waals surface area contributed by atoms with E-state index < -0.39 is 0 Å². The molecule has 0 bridgehead atoms. The Labute approximate surface area is 66.8 Å². The number of hydrogen-bond acceptors (Lipinski definition) is 1. The van der Waals surface area contributed by atoms with E-state index in [4.69, 9.17) is 0 Å². The first-order valence-electron chi connectivity index (χ1n) is 3.94. The van der Waals surface area contributed by atoms with Crippen LogP contribution in [0.2, 0.25) is 0 Å². The highest BCUT2D eigenvalue weighted by Gasteiger charge is 2.35. The van der Waals surface area contributed by atoms with Gasteiger partial charge in [0.05, 0.1) is 0 Å². The van der Waals surface area contributed by atoms with Crippen molar-refractivity contribution in [1.82, 2.24) is 4.98 Å². The van der Waals surface area contributed by atoms with Crippen molar-refractivity contribution in [3.05, 3.63) is 42.7 Å². The summed E-state index contributed by atoms with van der Waals surface area (Å²) in [7, 11) is 0. The highest BCUT2D eigenvalue weighted by molar-refractivity contribution is 5.24. The molecule has 0 radical (unpaired) electrons. The molecule has 1 aliphatic carbocycles. The van der Waals surface area contributed by atoms with Gasteiger partial charge in [0.15, 0.2) is 0 Å². The third kappa shape index (κ3) is 1.18. The molecule has 56 valence electrons. The molecule has 1 aromatic rings. The second kappa shape index (κ2) is 2.50. The zero-order chi connectivity index (χ0) is 7.68. The summed E-state index contributed by atoms with van der Waals surface area (Å²) in [6.07, 6.45) is 7.07. The van der Waals surface area contributed by atoms with E-state index in [2.05, 4.69) is 17.6 Å². The maximum absolute atomic E-state index is 4.08. The molecule has 2 atom stereocenters. The van der Waals surface area contributed by atoms with Gasteiger partial charge in [0.1, 0.15) is 0 Å². The van der Waals surface area contributed by atoms with Gasteiger partial charge in [-0.25, -0.2) is 0 Å². The lowest BCUT2D eigenvalue weighted by molar-refractivity contribution is 1.00. The molecule has 0 saturated heterocycles. The first kappa shape index (κ1) is 6.59. The highest BCUT2D eigenvalue weighted by Crippen LogP contribution is 2.47. The molecule has 2 rings (SSSR count). The highest BCUT2D eigenvalue weighted by atomic mass is 14.6. The van der Waals surface area contributed by atoms with Crippen LogP contribution >= 0.6 is 0 Å². The average Bonchev–Trinajstić information content (AvgIpc) is 2.85. The van der Waals surface area contributed by atoms with Gasteiger partial charge in [0.2, 0.25) is 0 Å². The Morgan fingerprint density at radius 3 is 3.09 bits per heavy atom. The van der Waals surface area contributed by atoms with Crippen LogP contribution in [0.15, 0.2) is 37.2 Å². The third-order valence-electron chi connectivity index (χ3n) is 2.26. The zero-order valence-electron chi connectivity index (χ0n) is 6.40. The number of hydrogen-bond donors (Lipinski definition) is 0. The Kier molecular flexibility index (Phi) is 1.50. The standard InChI is InChI=1S/C10H11N/c1-2-8-6-10(8)9-4-3-5-11-7-9/h2-5,7-8,10H,1,6H2/t8?,10-/m1/s1. The molecular weight excluding hydrogens is 134 g/mol. The first-order chi connectivity index (χ1) is 5.42. The summed E-state index contributed by atoms with van der Waals surface area (Å²) in [6, 6.07) is 4.13. The average molecular weight is 145 g/mol. The maximum atomic E-state index is 4.08. The molecule has 1 saturated carbocycles. The number of allylic oxidation sites excluding steroid dienone is 1. The predicted molar refractivity (Wildman–Crippen MR) is 45.3 cm³/mol. The van der Waals surface area contributed by atoms with Gasteiger partial charge in [-0.3, -0.25) is 4.98 Å². The monoisotopic (exact) mass is 145 g/mol. The van der Waals surface area contributed by atoms with Gasteiger partial charge in [0.25, 0.3) is 0 Å². The van der Waals surface area contributed by atoms with Crippen molar-refractivity contribution in [3.63, 3.8) is 0 Å². The van der Waals surface area contributed by atoms with Gasteiger partial charge in [-0.1, -0.05) is 12.1 Å². The minimum absolute atomic E-state index is 0.708. The SMILES string of the molecule is C=CC1C[C@H]1c1cccnc1. The van der Waals surface area contributed by atoms with Crippen LogP contribution in [0.25, 0.3) is 0 Å². The van der Waals surface area contributed by atoms with Crippen LogP contribution in [-0.4, -0.2) is 4.98 Å². The molecule has 1 heteroatoms. The molecule has 1 heterocycles. The van der Waals surface area contributed by atoms with Crippen LogP contribution in [0, 0.1) is 5.92 Å². The Hall–Kier alpha value is -1.11. The van der Waals surface area contributed by atoms with E-state index in [9.17, 15) is 0 Å². The summed E-state index contributed by atoms with van der Waals surface area (Å²) in [4.78, 5) is 4.08. The summed E-state index contributed by atoms with van der Waals surface area (Å²) in [6.45, 7) is 3.78. The van der Waals surface area contributed by atoms with Crippen LogP contribution in [0.5, 0.6) is 0 Å². The summed E-state index contributed by atoms with van der Waals surface area (Å²) in [5, 5.41) is 0. The minimum Gasteiger partial charge on any atom is -0.264 e. The fourth-order valence-corrected chi connectivity index (χ4v) is 1.45. The topological polar surface area (TPSA) is 12.9 Å². The normalized spacial score (nSPS) is 28.0. The molecule has 1 aliphatic rings. The smallest absolute Gasteiger partial charge is 0.0302 e. The summed E-state index contributed by atoms with van der Waals surface area (Å²) in [5.74, 6) is 1.42. The largest absolute Gasteiger partial charge is 0.264 e. The summed E-state index contributed by atoms with van der Waals surface area (Å²) < 4.78 is 0. The lowest BCUT2D eigenvalue weighted by Gasteiger charge is -1.94. The first-order valence-corrected chi connectivity index (χ1v) is 3.94. The second-order valence-electron chi connectivity index (χ2n) is 3.03. The van der Waals surface area contributed by atoms with Crippen molar-refractivity contribution in [1.29, 1.82) is 0 Å². The van der Waals surface area contributed by atoms with Crippen LogP contribution < -0.4 is 0 Å². The van der Waals surface area contributed by atoms with E-state index in [0.717, 1.165) is 0 Å². The number of aromatic nitrogens is 1. The fraction of sp³-hybridized carbons (Fsp3) is 0.300. The van der Waals surface area contributed by atoms with Crippen molar-refractivity contribution in [2.24, 2.45) is 5.92 Å². The molecule has 11 heavy (non-hydrogen) atoms. The van der Waals surface area contributed by atoms with Crippen molar-refractivity contribution < 1.29 is 0 Å². The Morgan fingerprint density at radius 1 is 1.64 bits per heavy atom. The van der Waals surface area contributed by atoms with E-state index in [0.29, 0.717) is 11.8 Å². The molecule has 1 nitrogen and oxygen atoms in total. The van der Waals surface area contributed by atoms with Crippen molar-refractivity contribution >= 4 is 0 Å². The van der Waals surface area contributed by atoms with E-state index in [1.54, 1.807) is 0 Å². The third-order valence-corrected chi connectivity index (χ3v) is 2.26. The number of rotatable bonds is 2. The van der Waals surface area contributed by atoms with Crippen molar-refractivity contribution in [2.45, 2.75) is 12.3 Å². The van der Waals surface area contributed by atoms with Crippen LogP contribution in [0.3, 0.4) is 0 Å². The van der Waals surface area contributed by atoms with E-state index >= 15 is 0 Å². The lowest BCUT2D eigenvalue weighted by atomic mass is 10.1. The van der Waals surface area contributed by atoms with Gasteiger partial charge in [-0.15, -0.1) is 6.58 Å². The molecule has 0 N–H and O–H groups in total. The van der Waals surface area contributed by atoms with E-state index in [-0.39, 0.29) is 0 Å². The lowest BCUT2D eigenvalue weighted by Crippen LogP contribution is -1.81. The molecule has 0 amide bonds.